The molecule has 3 atom stereocenters. The lowest BCUT2D eigenvalue weighted by atomic mass is 9.82. The van der Waals surface area contributed by atoms with E-state index in [1.807, 2.05) is 34.7 Å². The number of amides is 2. The lowest BCUT2D eigenvalue weighted by Gasteiger charge is -2.43. The molecule has 2 aromatic carbocycles. The van der Waals surface area contributed by atoms with Gasteiger partial charge in [0.15, 0.2) is 11.5 Å². The predicted octanol–water partition coefficient (Wildman–Crippen LogP) is 3.51. The largest absolute Gasteiger partial charge is 0.493 e. The summed E-state index contributed by atoms with van der Waals surface area (Å²) in [7, 11) is 1.45. The van der Waals surface area contributed by atoms with Crippen molar-refractivity contribution in [2.45, 2.75) is 50.5 Å². The minimum absolute atomic E-state index is 0.0588. The summed E-state index contributed by atoms with van der Waals surface area (Å²) in [4.78, 5) is 39.8. The van der Waals surface area contributed by atoms with Crippen molar-refractivity contribution in [2.75, 3.05) is 20.3 Å². The summed E-state index contributed by atoms with van der Waals surface area (Å²) >= 11 is 8.09. The number of carbonyl (C=O) groups excluding carboxylic acids is 3. The Balaban J connectivity index is 1.72. The number of aldehydes is 1. The molecule has 0 radical (unpaired) electrons. The van der Waals surface area contributed by atoms with Crippen molar-refractivity contribution >= 4 is 52.3 Å². The Bertz CT molecular complexity index is 1270. The number of aliphatic hydroxyl groups is 2. The first-order valence-electron chi connectivity index (χ1n) is 13.1. The SMILES string of the molecule is COc1cc(C=O)cc(I)c1O[C@H]1C=C(C(=O)NCCO)C[C@@H](N(Cc2ccc(Cl)cc2)C(=O)C2CCC2)[C@@H]1O. The van der Waals surface area contributed by atoms with Crippen LogP contribution in [-0.2, 0) is 16.1 Å². The summed E-state index contributed by atoms with van der Waals surface area (Å²) in [6, 6.07) is 9.55. The van der Waals surface area contributed by atoms with Crippen molar-refractivity contribution in [1.29, 1.82) is 0 Å². The Hall–Kier alpha value is -2.67. The zero-order valence-electron chi connectivity index (χ0n) is 22.0. The van der Waals surface area contributed by atoms with E-state index < -0.39 is 24.2 Å². The Labute approximate surface area is 251 Å². The highest BCUT2D eigenvalue weighted by Gasteiger charge is 2.43. The number of halogens is 2. The van der Waals surface area contributed by atoms with E-state index in [0.717, 1.165) is 24.8 Å². The van der Waals surface area contributed by atoms with Gasteiger partial charge in [-0.3, -0.25) is 14.4 Å². The molecule has 2 aliphatic rings. The Morgan fingerprint density at radius 2 is 1.95 bits per heavy atom. The van der Waals surface area contributed by atoms with Crippen LogP contribution in [-0.4, -0.2) is 71.7 Å². The number of rotatable bonds is 11. The molecule has 3 N–H and O–H groups in total. The number of aliphatic hydroxyl groups excluding tert-OH is 2. The molecule has 4 rings (SSSR count). The van der Waals surface area contributed by atoms with Crippen molar-refractivity contribution in [2.24, 2.45) is 5.92 Å². The van der Waals surface area contributed by atoms with Crippen molar-refractivity contribution in [3.8, 4) is 11.5 Å². The second kappa shape index (κ2) is 13.8. The van der Waals surface area contributed by atoms with E-state index in [-0.39, 0.29) is 37.9 Å². The Kier molecular flexibility index (Phi) is 10.4. The van der Waals surface area contributed by atoms with Crippen LogP contribution < -0.4 is 14.8 Å². The Morgan fingerprint density at radius 1 is 1.23 bits per heavy atom. The summed E-state index contributed by atoms with van der Waals surface area (Å²) < 4.78 is 12.3. The molecule has 0 bridgehead atoms. The van der Waals surface area contributed by atoms with Gasteiger partial charge in [0.1, 0.15) is 18.5 Å². The second-order valence-electron chi connectivity index (χ2n) is 9.89. The van der Waals surface area contributed by atoms with Gasteiger partial charge in [0, 0.05) is 41.6 Å². The minimum Gasteiger partial charge on any atom is -0.493 e. The first-order chi connectivity index (χ1) is 19.2. The number of benzene rings is 2. The fraction of sp³-hybridized carbons (Fsp3) is 0.414. The molecule has 2 aromatic rings. The van der Waals surface area contributed by atoms with E-state index in [9.17, 15) is 24.6 Å². The zero-order chi connectivity index (χ0) is 28.8. The van der Waals surface area contributed by atoms with Gasteiger partial charge in [0.05, 0.1) is 23.3 Å². The summed E-state index contributed by atoms with van der Waals surface area (Å²) in [5.41, 5.74) is 1.56. The average molecular weight is 683 g/mol. The van der Waals surface area contributed by atoms with Gasteiger partial charge < -0.3 is 29.9 Å². The first kappa shape index (κ1) is 30.3. The number of hydrogen-bond donors (Lipinski definition) is 3. The fourth-order valence-electron chi connectivity index (χ4n) is 4.87. The molecule has 9 nitrogen and oxygen atoms in total. The molecule has 40 heavy (non-hydrogen) atoms. The molecule has 0 unspecified atom stereocenters. The quantitative estimate of drug-likeness (QED) is 0.245. The monoisotopic (exact) mass is 682 g/mol. The minimum atomic E-state index is -1.18. The van der Waals surface area contributed by atoms with Crippen LogP contribution in [0.2, 0.25) is 5.02 Å². The molecule has 11 heteroatoms. The highest BCUT2D eigenvalue weighted by atomic mass is 127. The smallest absolute Gasteiger partial charge is 0.247 e. The number of methoxy groups -OCH3 is 1. The van der Waals surface area contributed by atoms with Crippen molar-refractivity contribution < 1.29 is 34.1 Å². The van der Waals surface area contributed by atoms with E-state index >= 15 is 0 Å². The average Bonchev–Trinajstić information content (AvgIpc) is 2.92. The normalized spacial score (nSPS) is 20.6. The highest BCUT2D eigenvalue weighted by molar-refractivity contribution is 14.1. The van der Waals surface area contributed by atoms with Crippen LogP contribution in [0.1, 0.15) is 41.6 Å². The van der Waals surface area contributed by atoms with E-state index in [1.165, 1.54) is 13.2 Å². The van der Waals surface area contributed by atoms with Gasteiger partial charge in [0.2, 0.25) is 11.8 Å². The third kappa shape index (κ3) is 6.96. The molecule has 1 fully saturated rings. The highest BCUT2D eigenvalue weighted by Crippen LogP contribution is 2.38. The molecule has 2 amide bonds. The van der Waals surface area contributed by atoms with Crippen molar-refractivity contribution in [3.05, 3.63) is 67.8 Å². The third-order valence-corrected chi connectivity index (χ3v) is 8.31. The fourth-order valence-corrected chi connectivity index (χ4v) is 5.75. The van der Waals surface area contributed by atoms with Crippen LogP contribution in [0, 0.1) is 9.49 Å². The van der Waals surface area contributed by atoms with Gasteiger partial charge in [0.25, 0.3) is 0 Å². The standard InChI is InChI=1S/C29H32ClIN2O7/c1-39-25-12-18(16-35)11-22(31)27(25)40-24-14-20(28(37)32-9-10-34)13-23(26(24)36)33(29(38)19-3-2-4-19)15-17-5-7-21(30)8-6-17/h5-8,11-12,14,16,19,23-24,26,34,36H,2-4,9-10,13,15H2,1H3,(H,32,37)/t23-,24+,26+/m1/s1. The number of ether oxygens (including phenoxy) is 2. The van der Waals surface area contributed by atoms with E-state index in [4.69, 9.17) is 21.1 Å². The lowest BCUT2D eigenvalue weighted by molar-refractivity contribution is -0.146. The molecule has 1 saturated carbocycles. The van der Waals surface area contributed by atoms with Gasteiger partial charge in [-0.15, -0.1) is 0 Å². The van der Waals surface area contributed by atoms with E-state index in [0.29, 0.717) is 37.5 Å². The predicted molar refractivity (Wildman–Crippen MR) is 157 cm³/mol. The topological polar surface area (TPSA) is 125 Å². The van der Waals surface area contributed by atoms with Gasteiger partial charge in [-0.25, -0.2) is 0 Å². The summed E-state index contributed by atoms with van der Waals surface area (Å²) in [6.45, 7) is 0.0526. The van der Waals surface area contributed by atoms with Crippen LogP contribution in [0.5, 0.6) is 11.5 Å². The molecule has 0 heterocycles. The molecular formula is C29H32ClIN2O7. The van der Waals surface area contributed by atoms with Gasteiger partial charge in [-0.05, 0) is 71.3 Å². The van der Waals surface area contributed by atoms with Gasteiger partial charge >= 0.3 is 0 Å². The van der Waals surface area contributed by atoms with Crippen LogP contribution >= 0.6 is 34.2 Å². The van der Waals surface area contributed by atoms with Crippen molar-refractivity contribution in [1.82, 2.24) is 10.2 Å². The molecule has 0 aromatic heterocycles. The molecule has 214 valence electrons. The zero-order valence-corrected chi connectivity index (χ0v) is 24.9. The Morgan fingerprint density at radius 3 is 2.55 bits per heavy atom. The van der Waals surface area contributed by atoms with E-state index in [1.54, 1.807) is 29.2 Å². The number of nitrogens with zero attached hydrogens (tertiary/aromatic N) is 1. The number of hydrogen-bond acceptors (Lipinski definition) is 7. The van der Waals surface area contributed by atoms with Crippen LogP contribution in [0.4, 0.5) is 0 Å². The second-order valence-corrected chi connectivity index (χ2v) is 11.5. The summed E-state index contributed by atoms with van der Waals surface area (Å²) in [5.74, 6) is -0.0390. The number of nitrogens with one attached hydrogen (secondary N) is 1. The molecular weight excluding hydrogens is 651 g/mol. The molecule has 2 aliphatic carbocycles. The molecule has 0 aliphatic heterocycles. The van der Waals surface area contributed by atoms with Crippen LogP contribution in [0.3, 0.4) is 0 Å². The van der Waals surface area contributed by atoms with Gasteiger partial charge in [-0.1, -0.05) is 30.2 Å². The summed E-state index contributed by atoms with van der Waals surface area (Å²) in [5, 5.41) is 24.1. The van der Waals surface area contributed by atoms with Crippen molar-refractivity contribution in [3.63, 3.8) is 0 Å². The third-order valence-electron chi connectivity index (χ3n) is 7.26. The summed E-state index contributed by atoms with van der Waals surface area (Å²) in [6.07, 6.45) is 2.66. The van der Waals surface area contributed by atoms with E-state index in [2.05, 4.69) is 5.32 Å². The van der Waals surface area contributed by atoms with Gasteiger partial charge in [-0.2, -0.15) is 0 Å². The maximum Gasteiger partial charge on any atom is 0.247 e. The first-order valence-corrected chi connectivity index (χ1v) is 14.5. The molecule has 0 saturated heterocycles. The lowest BCUT2D eigenvalue weighted by Crippen LogP contribution is -2.56. The van der Waals surface area contributed by atoms with Crippen LogP contribution in [0.25, 0.3) is 0 Å². The number of carbonyl (C=O) groups is 3. The van der Waals surface area contributed by atoms with Crippen LogP contribution in [0.15, 0.2) is 48.0 Å². The maximum atomic E-state index is 13.7. The molecule has 0 spiro atoms. The maximum absolute atomic E-state index is 13.7.